The molecule has 21 heavy (non-hydrogen) atoms. The van der Waals surface area contributed by atoms with Crippen molar-refractivity contribution in [2.24, 2.45) is 0 Å². The summed E-state index contributed by atoms with van der Waals surface area (Å²) in [6, 6.07) is 13.0. The number of nitro benzene ring substituents is 1. The van der Waals surface area contributed by atoms with Gasteiger partial charge in [-0.25, -0.2) is 0 Å². The van der Waals surface area contributed by atoms with E-state index in [1.54, 1.807) is 12.1 Å². The zero-order valence-corrected chi connectivity index (χ0v) is 11.6. The highest BCUT2D eigenvalue weighted by atomic mass is 16.6. The molecule has 0 aliphatic carbocycles. The van der Waals surface area contributed by atoms with E-state index >= 15 is 0 Å². The minimum absolute atomic E-state index is 0.115. The molecule has 0 spiro atoms. The van der Waals surface area contributed by atoms with Gasteiger partial charge in [-0.2, -0.15) is 0 Å². The van der Waals surface area contributed by atoms with E-state index in [-0.39, 0.29) is 10.6 Å². The van der Waals surface area contributed by atoms with E-state index in [0.717, 1.165) is 22.3 Å². The maximum absolute atomic E-state index is 10.7. The molecule has 0 bridgehead atoms. The SMILES string of the molecule is Cc1cc([N+](=O)[O-])ccc1NCc1cccc2cc[nH]c12. The summed E-state index contributed by atoms with van der Waals surface area (Å²) in [6.45, 7) is 2.53. The smallest absolute Gasteiger partial charge is 0.269 e. The zero-order valence-electron chi connectivity index (χ0n) is 11.6. The Morgan fingerprint density at radius 1 is 1.24 bits per heavy atom. The third-order valence-electron chi connectivity index (χ3n) is 3.56. The Balaban J connectivity index is 1.82. The minimum Gasteiger partial charge on any atom is -0.381 e. The molecule has 1 heterocycles. The van der Waals surface area contributed by atoms with E-state index in [1.807, 2.05) is 25.3 Å². The molecule has 0 aliphatic rings. The van der Waals surface area contributed by atoms with Gasteiger partial charge in [-0.15, -0.1) is 0 Å². The van der Waals surface area contributed by atoms with E-state index in [4.69, 9.17) is 0 Å². The fourth-order valence-corrected chi connectivity index (χ4v) is 2.45. The molecule has 0 saturated carbocycles. The third-order valence-corrected chi connectivity index (χ3v) is 3.56. The second-order valence-electron chi connectivity index (χ2n) is 4.97. The van der Waals surface area contributed by atoms with Crippen LogP contribution in [0.1, 0.15) is 11.1 Å². The standard InChI is InChI=1S/C16H15N3O2/c1-11-9-14(19(20)21)5-6-15(11)18-10-13-4-2-3-12-7-8-17-16(12)13/h2-9,17-18H,10H2,1H3. The summed E-state index contributed by atoms with van der Waals surface area (Å²) in [7, 11) is 0. The van der Waals surface area contributed by atoms with Crippen LogP contribution in [0.5, 0.6) is 0 Å². The molecule has 5 heteroatoms. The number of aromatic amines is 1. The van der Waals surface area contributed by atoms with Crippen molar-refractivity contribution < 1.29 is 4.92 Å². The summed E-state index contributed by atoms with van der Waals surface area (Å²) in [5.74, 6) is 0. The lowest BCUT2D eigenvalue weighted by Crippen LogP contribution is -2.02. The molecule has 0 aliphatic heterocycles. The molecule has 2 aromatic carbocycles. The van der Waals surface area contributed by atoms with Gasteiger partial charge in [-0.1, -0.05) is 18.2 Å². The average Bonchev–Trinajstić information content (AvgIpc) is 2.94. The number of nitrogens with one attached hydrogen (secondary N) is 2. The van der Waals surface area contributed by atoms with Crippen LogP contribution >= 0.6 is 0 Å². The lowest BCUT2D eigenvalue weighted by molar-refractivity contribution is -0.384. The summed E-state index contributed by atoms with van der Waals surface area (Å²) in [4.78, 5) is 13.6. The van der Waals surface area contributed by atoms with Crippen LogP contribution < -0.4 is 5.32 Å². The monoisotopic (exact) mass is 281 g/mol. The molecule has 2 N–H and O–H groups in total. The van der Waals surface area contributed by atoms with Crippen LogP contribution in [0.2, 0.25) is 0 Å². The number of nitrogens with zero attached hydrogens (tertiary/aromatic N) is 1. The first kappa shape index (κ1) is 13.2. The van der Waals surface area contributed by atoms with E-state index in [9.17, 15) is 10.1 Å². The number of rotatable bonds is 4. The van der Waals surface area contributed by atoms with Gasteiger partial charge >= 0.3 is 0 Å². The number of hydrogen-bond acceptors (Lipinski definition) is 3. The van der Waals surface area contributed by atoms with Gasteiger partial charge in [0.05, 0.1) is 10.4 Å². The number of benzene rings is 2. The molecular weight excluding hydrogens is 266 g/mol. The minimum atomic E-state index is -0.379. The van der Waals surface area contributed by atoms with Gasteiger partial charge in [-0.3, -0.25) is 10.1 Å². The van der Waals surface area contributed by atoms with Gasteiger partial charge < -0.3 is 10.3 Å². The summed E-state index contributed by atoms with van der Waals surface area (Å²) >= 11 is 0. The molecule has 0 atom stereocenters. The molecule has 0 amide bonds. The van der Waals surface area contributed by atoms with E-state index < -0.39 is 0 Å². The number of aromatic nitrogens is 1. The zero-order chi connectivity index (χ0) is 14.8. The first-order valence-electron chi connectivity index (χ1n) is 6.69. The van der Waals surface area contributed by atoms with E-state index in [2.05, 4.69) is 22.4 Å². The summed E-state index contributed by atoms with van der Waals surface area (Å²) < 4.78 is 0. The van der Waals surface area contributed by atoms with Crippen molar-refractivity contribution in [1.29, 1.82) is 0 Å². The molecule has 3 aromatic rings. The second-order valence-corrected chi connectivity index (χ2v) is 4.97. The Morgan fingerprint density at radius 2 is 2.10 bits per heavy atom. The fourth-order valence-electron chi connectivity index (χ4n) is 2.45. The predicted molar refractivity (Wildman–Crippen MR) is 83.5 cm³/mol. The Morgan fingerprint density at radius 3 is 2.86 bits per heavy atom. The maximum Gasteiger partial charge on any atom is 0.269 e. The molecule has 0 fully saturated rings. The van der Waals surface area contributed by atoms with E-state index in [1.165, 1.54) is 11.5 Å². The van der Waals surface area contributed by atoms with Crippen LogP contribution in [0.3, 0.4) is 0 Å². The van der Waals surface area contributed by atoms with Crippen LogP contribution in [0, 0.1) is 17.0 Å². The first-order chi connectivity index (χ1) is 10.1. The highest BCUT2D eigenvalue weighted by Gasteiger charge is 2.08. The van der Waals surface area contributed by atoms with Crippen LogP contribution in [-0.4, -0.2) is 9.91 Å². The van der Waals surface area contributed by atoms with Crippen molar-refractivity contribution in [1.82, 2.24) is 4.98 Å². The lowest BCUT2D eigenvalue weighted by atomic mass is 10.1. The quantitative estimate of drug-likeness (QED) is 0.561. The number of anilines is 1. The number of fused-ring (bicyclic) bond motifs is 1. The number of non-ortho nitro benzene ring substituents is 1. The highest BCUT2D eigenvalue weighted by molar-refractivity contribution is 5.82. The number of nitro groups is 1. The molecule has 0 saturated heterocycles. The molecular formula is C16H15N3O2. The number of H-pyrrole nitrogens is 1. The molecule has 3 rings (SSSR count). The van der Waals surface area contributed by atoms with Crippen LogP contribution in [0.4, 0.5) is 11.4 Å². The molecule has 0 radical (unpaired) electrons. The predicted octanol–water partition coefficient (Wildman–Crippen LogP) is 4.00. The number of aryl methyl sites for hydroxylation is 1. The molecule has 0 unspecified atom stereocenters. The van der Waals surface area contributed by atoms with Gasteiger partial charge in [0.15, 0.2) is 0 Å². The summed E-state index contributed by atoms with van der Waals surface area (Å²) in [6.07, 6.45) is 1.92. The Bertz CT molecular complexity index is 808. The Labute approximate surface area is 121 Å². The van der Waals surface area contributed by atoms with Crippen LogP contribution in [0.25, 0.3) is 10.9 Å². The normalized spacial score (nSPS) is 10.7. The molecule has 1 aromatic heterocycles. The average molecular weight is 281 g/mol. The van der Waals surface area contributed by atoms with Gasteiger partial charge in [-0.05, 0) is 35.6 Å². The van der Waals surface area contributed by atoms with Crippen LogP contribution in [0.15, 0.2) is 48.7 Å². The molecule has 106 valence electrons. The Kier molecular flexibility index (Phi) is 3.31. The molecule has 5 nitrogen and oxygen atoms in total. The lowest BCUT2D eigenvalue weighted by Gasteiger charge is -2.10. The fraction of sp³-hybridized carbons (Fsp3) is 0.125. The van der Waals surface area contributed by atoms with Crippen molar-refractivity contribution in [2.75, 3.05) is 5.32 Å². The van der Waals surface area contributed by atoms with Crippen molar-refractivity contribution in [3.8, 4) is 0 Å². The van der Waals surface area contributed by atoms with Gasteiger partial charge in [0.2, 0.25) is 0 Å². The van der Waals surface area contributed by atoms with E-state index in [0.29, 0.717) is 6.54 Å². The second kappa shape index (κ2) is 5.28. The number of hydrogen-bond donors (Lipinski definition) is 2. The third kappa shape index (κ3) is 2.58. The number of para-hydroxylation sites is 1. The highest BCUT2D eigenvalue weighted by Crippen LogP contribution is 2.23. The van der Waals surface area contributed by atoms with Crippen molar-refractivity contribution in [2.45, 2.75) is 13.5 Å². The van der Waals surface area contributed by atoms with Gasteiger partial charge in [0.25, 0.3) is 5.69 Å². The topological polar surface area (TPSA) is 71.0 Å². The van der Waals surface area contributed by atoms with Crippen molar-refractivity contribution in [3.05, 3.63) is 69.9 Å². The van der Waals surface area contributed by atoms with Gasteiger partial charge in [0, 0.05) is 30.6 Å². The first-order valence-corrected chi connectivity index (χ1v) is 6.69. The summed E-state index contributed by atoms with van der Waals surface area (Å²) in [5.41, 5.74) is 4.16. The largest absolute Gasteiger partial charge is 0.381 e. The summed E-state index contributed by atoms with van der Waals surface area (Å²) in [5, 5.41) is 15.3. The van der Waals surface area contributed by atoms with Crippen molar-refractivity contribution in [3.63, 3.8) is 0 Å². The maximum atomic E-state index is 10.7. The van der Waals surface area contributed by atoms with Crippen molar-refractivity contribution >= 4 is 22.3 Å². The van der Waals surface area contributed by atoms with Gasteiger partial charge in [0.1, 0.15) is 0 Å². The van der Waals surface area contributed by atoms with Crippen LogP contribution in [-0.2, 0) is 6.54 Å². The Hall–Kier alpha value is -2.82.